The lowest BCUT2D eigenvalue weighted by molar-refractivity contribution is 0.218. The van der Waals surface area contributed by atoms with E-state index in [2.05, 4.69) is 40.6 Å². The molecular formula is C25H24N4O2S. The molecule has 0 unspecified atom stereocenters. The number of rotatable bonds is 6. The highest BCUT2D eigenvalue weighted by Gasteiger charge is 2.29. The van der Waals surface area contributed by atoms with E-state index in [-0.39, 0.29) is 0 Å². The van der Waals surface area contributed by atoms with Crippen molar-refractivity contribution < 1.29 is 9.47 Å². The Hall–Kier alpha value is -3.32. The fraction of sp³-hybridized carbons (Fsp3) is 0.240. The van der Waals surface area contributed by atoms with Crippen molar-refractivity contribution >= 4 is 28.2 Å². The van der Waals surface area contributed by atoms with Crippen LogP contribution in [-0.2, 0) is 0 Å². The molecule has 7 heteroatoms. The first-order valence-corrected chi connectivity index (χ1v) is 11.8. The Kier molecular flexibility index (Phi) is 5.81. The van der Waals surface area contributed by atoms with E-state index in [1.807, 2.05) is 49.4 Å². The van der Waals surface area contributed by atoms with Gasteiger partial charge in [0, 0.05) is 17.0 Å². The summed E-state index contributed by atoms with van der Waals surface area (Å²) < 4.78 is 12.5. The molecule has 32 heavy (non-hydrogen) atoms. The number of nitrogens with zero attached hydrogens (tertiary/aromatic N) is 3. The van der Waals surface area contributed by atoms with Gasteiger partial charge in [-0.25, -0.2) is 0 Å². The van der Waals surface area contributed by atoms with Gasteiger partial charge >= 0.3 is 0 Å². The molecular weight excluding hydrogens is 420 g/mol. The Morgan fingerprint density at radius 3 is 2.72 bits per heavy atom. The van der Waals surface area contributed by atoms with Crippen LogP contribution in [-0.4, -0.2) is 27.5 Å². The minimum absolute atomic E-state index is 0.469. The molecule has 6 nitrogen and oxygen atoms in total. The first-order chi connectivity index (χ1) is 15.8. The standard InChI is InChI=1S/C25H24N4O2S/c1-3-15-32-25-27-24-22(28-29-25)18-11-7-8-12-19(18)26-23(31-24)21-17-10-6-5-9-16(17)13-14-20(21)30-4-2/h5-14,23,26H,3-4,15H2,1-2H3/t23-/m1/s1. The minimum atomic E-state index is -0.509. The molecule has 0 radical (unpaired) electrons. The molecule has 1 N–H and O–H groups in total. The molecule has 3 aromatic carbocycles. The van der Waals surface area contributed by atoms with Crippen molar-refractivity contribution in [3.8, 4) is 22.9 Å². The smallest absolute Gasteiger partial charge is 0.247 e. The van der Waals surface area contributed by atoms with E-state index in [9.17, 15) is 0 Å². The van der Waals surface area contributed by atoms with Crippen LogP contribution in [0.3, 0.4) is 0 Å². The van der Waals surface area contributed by atoms with Crippen LogP contribution in [0, 0.1) is 0 Å². The van der Waals surface area contributed by atoms with Crippen molar-refractivity contribution in [1.82, 2.24) is 15.2 Å². The minimum Gasteiger partial charge on any atom is -0.493 e. The van der Waals surface area contributed by atoms with E-state index in [1.54, 1.807) is 11.8 Å². The molecule has 1 aliphatic heterocycles. The maximum Gasteiger partial charge on any atom is 0.247 e. The molecule has 0 bridgehead atoms. The molecule has 1 aromatic heterocycles. The average molecular weight is 445 g/mol. The van der Waals surface area contributed by atoms with Gasteiger partial charge in [-0.3, -0.25) is 0 Å². The van der Waals surface area contributed by atoms with Gasteiger partial charge in [-0.15, -0.1) is 10.2 Å². The maximum atomic E-state index is 6.52. The summed E-state index contributed by atoms with van der Waals surface area (Å²) >= 11 is 1.58. The quantitative estimate of drug-likeness (QED) is 0.361. The number of benzene rings is 3. The summed E-state index contributed by atoms with van der Waals surface area (Å²) in [5, 5.41) is 15.2. The highest BCUT2D eigenvalue weighted by atomic mass is 32.2. The van der Waals surface area contributed by atoms with Gasteiger partial charge in [-0.1, -0.05) is 67.2 Å². The Morgan fingerprint density at radius 2 is 1.84 bits per heavy atom. The van der Waals surface area contributed by atoms with Crippen LogP contribution >= 0.6 is 11.8 Å². The highest BCUT2D eigenvalue weighted by Crippen LogP contribution is 2.43. The number of aromatic nitrogens is 3. The summed E-state index contributed by atoms with van der Waals surface area (Å²) in [4.78, 5) is 4.73. The summed E-state index contributed by atoms with van der Waals surface area (Å²) in [5.74, 6) is 2.18. The number of para-hydroxylation sites is 1. The zero-order valence-corrected chi connectivity index (χ0v) is 18.9. The van der Waals surface area contributed by atoms with Crippen LogP contribution < -0.4 is 14.8 Å². The highest BCUT2D eigenvalue weighted by molar-refractivity contribution is 7.99. The fourth-order valence-corrected chi connectivity index (χ4v) is 4.49. The summed E-state index contributed by atoms with van der Waals surface area (Å²) in [5.41, 5.74) is 3.40. The summed E-state index contributed by atoms with van der Waals surface area (Å²) in [6.45, 7) is 4.68. The third-order valence-electron chi connectivity index (χ3n) is 5.26. The molecule has 0 fully saturated rings. The largest absolute Gasteiger partial charge is 0.493 e. The van der Waals surface area contributed by atoms with E-state index < -0.39 is 6.23 Å². The lowest BCUT2D eigenvalue weighted by atomic mass is 10.0. The van der Waals surface area contributed by atoms with E-state index in [0.29, 0.717) is 23.3 Å². The number of thioether (sulfide) groups is 1. The maximum absolute atomic E-state index is 6.52. The van der Waals surface area contributed by atoms with Gasteiger partial charge in [0.1, 0.15) is 5.75 Å². The third-order valence-corrected chi connectivity index (χ3v) is 6.31. The summed E-state index contributed by atoms with van der Waals surface area (Å²) in [6, 6.07) is 20.3. The van der Waals surface area contributed by atoms with Crippen molar-refractivity contribution in [2.24, 2.45) is 0 Å². The third kappa shape index (κ3) is 3.84. The van der Waals surface area contributed by atoms with Gasteiger partial charge in [-0.2, -0.15) is 4.98 Å². The molecule has 2 heterocycles. The molecule has 0 spiro atoms. The Bertz CT molecular complexity index is 1260. The monoisotopic (exact) mass is 444 g/mol. The van der Waals surface area contributed by atoms with Gasteiger partial charge in [-0.05, 0) is 36.2 Å². The lowest BCUT2D eigenvalue weighted by Gasteiger charge is -2.23. The van der Waals surface area contributed by atoms with Gasteiger partial charge in [0.25, 0.3) is 0 Å². The van der Waals surface area contributed by atoms with Crippen molar-refractivity contribution in [1.29, 1.82) is 0 Å². The zero-order chi connectivity index (χ0) is 21.9. The van der Waals surface area contributed by atoms with Crippen LogP contribution in [0.5, 0.6) is 11.6 Å². The van der Waals surface area contributed by atoms with Gasteiger partial charge in [0.15, 0.2) is 5.69 Å². The van der Waals surface area contributed by atoms with Gasteiger partial charge < -0.3 is 14.8 Å². The molecule has 0 aliphatic carbocycles. The van der Waals surface area contributed by atoms with Crippen molar-refractivity contribution in [2.75, 3.05) is 17.7 Å². The van der Waals surface area contributed by atoms with Crippen molar-refractivity contribution in [3.63, 3.8) is 0 Å². The Balaban J connectivity index is 1.68. The van der Waals surface area contributed by atoms with Crippen LogP contribution in [0.1, 0.15) is 32.1 Å². The fourth-order valence-electron chi connectivity index (χ4n) is 3.86. The average Bonchev–Trinajstić information content (AvgIpc) is 2.99. The van der Waals surface area contributed by atoms with Gasteiger partial charge in [0.2, 0.25) is 17.3 Å². The lowest BCUT2D eigenvalue weighted by Crippen LogP contribution is -2.19. The number of nitrogens with one attached hydrogen (secondary N) is 1. The second kappa shape index (κ2) is 9.04. The second-order valence-corrected chi connectivity index (χ2v) is 8.48. The Morgan fingerprint density at radius 1 is 1.00 bits per heavy atom. The molecule has 5 rings (SSSR count). The SMILES string of the molecule is CCCSc1nnc2c(n1)O[C@H](c1c(OCC)ccc3ccccc13)Nc1ccccc1-2. The van der Waals surface area contributed by atoms with Crippen LogP contribution in [0.4, 0.5) is 5.69 Å². The first-order valence-electron chi connectivity index (χ1n) is 10.8. The van der Waals surface area contributed by atoms with E-state index in [0.717, 1.165) is 45.5 Å². The number of anilines is 1. The molecule has 0 amide bonds. The molecule has 1 aliphatic rings. The van der Waals surface area contributed by atoms with Crippen LogP contribution in [0.15, 0.2) is 65.8 Å². The topological polar surface area (TPSA) is 69.2 Å². The molecule has 0 saturated carbocycles. The normalized spacial score (nSPS) is 14.6. The van der Waals surface area contributed by atoms with Crippen LogP contribution in [0.25, 0.3) is 22.0 Å². The van der Waals surface area contributed by atoms with E-state index in [4.69, 9.17) is 14.5 Å². The molecule has 4 aromatic rings. The second-order valence-electron chi connectivity index (χ2n) is 7.42. The summed E-state index contributed by atoms with van der Waals surface area (Å²) in [7, 11) is 0. The van der Waals surface area contributed by atoms with Crippen LogP contribution in [0.2, 0.25) is 0 Å². The molecule has 1 atom stereocenters. The number of ether oxygens (including phenoxy) is 2. The predicted octanol–water partition coefficient (Wildman–Crippen LogP) is 6.10. The van der Waals surface area contributed by atoms with E-state index >= 15 is 0 Å². The number of hydrogen-bond donors (Lipinski definition) is 1. The first kappa shape index (κ1) is 20.6. The number of hydrogen-bond acceptors (Lipinski definition) is 7. The predicted molar refractivity (Wildman–Crippen MR) is 128 cm³/mol. The summed E-state index contributed by atoms with van der Waals surface area (Å²) in [6.07, 6.45) is 0.526. The van der Waals surface area contributed by atoms with Crippen molar-refractivity contribution in [2.45, 2.75) is 31.7 Å². The molecule has 0 saturated heterocycles. The Labute approximate surface area is 191 Å². The zero-order valence-electron chi connectivity index (χ0n) is 18.0. The number of fused-ring (bicyclic) bond motifs is 4. The van der Waals surface area contributed by atoms with Crippen molar-refractivity contribution in [3.05, 3.63) is 66.2 Å². The molecule has 162 valence electrons. The van der Waals surface area contributed by atoms with E-state index in [1.165, 1.54) is 0 Å². The van der Waals surface area contributed by atoms with Gasteiger partial charge in [0.05, 0.1) is 12.2 Å².